The number of hydrogen-bond donors (Lipinski definition) is 2. The highest BCUT2D eigenvalue weighted by atomic mass is 32.1. The molecule has 2 N–H and O–H groups in total. The maximum Gasteiger partial charge on any atom is 0.232 e. The maximum absolute atomic E-state index is 12.1. The number of amides is 2. The van der Waals surface area contributed by atoms with Crippen molar-refractivity contribution in [2.45, 2.75) is 45.4 Å². The highest BCUT2D eigenvalue weighted by Crippen LogP contribution is 2.32. The topological polar surface area (TPSA) is 84.0 Å². The van der Waals surface area contributed by atoms with Crippen LogP contribution >= 0.6 is 22.7 Å². The molecule has 1 fully saturated rings. The number of nitrogens with zero attached hydrogens (tertiary/aromatic N) is 2. The Labute approximate surface area is 148 Å². The normalized spacial score (nSPS) is 14.0. The van der Waals surface area contributed by atoms with Crippen molar-refractivity contribution < 1.29 is 9.59 Å². The molecule has 0 radical (unpaired) electrons. The molecule has 0 unspecified atom stereocenters. The van der Waals surface area contributed by atoms with Crippen LogP contribution in [0.5, 0.6) is 0 Å². The van der Waals surface area contributed by atoms with Crippen LogP contribution in [0.15, 0.2) is 11.6 Å². The number of thiazole rings is 2. The zero-order valence-corrected chi connectivity index (χ0v) is 15.3. The first-order valence-corrected chi connectivity index (χ1v) is 9.69. The zero-order valence-electron chi connectivity index (χ0n) is 13.7. The van der Waals surface area contributed by atoms with Gasteiger partial charge in [-0.05, 0) is 24.7 Å². The van der Waals surface area contributed by atoms with E-state index >= 15 is 0 Å². The van der Waals surface area contributed by atoms with Crippen LogP contribution in [0.3, 0.4) is 0 Å². The van der Waals surface area contributed by atoms with Crippen molar-refractivity contribution in [2.24, 2.45) is 5.92 Å². The number of carbonyl (C=O) groups is 2. The minimum atomic E-state index is -0.152. The Kier molecular flexibility index (Phi) is 5.25. The van der Waals surface area contributed by atoms with Gasteiger partial charge in [0.15, 0.2) is 10.3 Å². The average Bonchev–Trinajstić information content (AvgIpc) is 3.01. The van der Waals surface area contributed by atoms with Gasteiger partial charge in [-0.3, -0.25) is 9.59 Å². The van der Waals surface area contributed by atoms with E-state index in [2.05, 4.69) is 34.4 Å². The van der Waals surface area contributed by atoms with E-state index in [1.807, 2.05) is 0 Å². The molecule has 0 atom stereocenters. The molecule has 24 heavy (non-hydrogen) atoms. The van der Waals surface area contributed by atoms with Crippen molar-refractivity contribution in [2.75, 3.05) is 10.6 Å². The molecule has 0 aromatic carbocycles. The fraction of sp³-hybridized carbons (Fsp3) is 0.500. The average molecular weight is 364 g/mol. The van der Waals surface area contributed by atoms with Crippen LogP contribution in [-0.2, 0) is 16.0 Å². The molecule has 0 bridgehead atoms. The molecule has 0 aliphatic heterocycles. The number of aromatic nitrogens is 2. The second-order valence-electron chi connectivity index (χ2n) is 6.29. The lowest BCUT2D eigenvalue weighted by Crippen LogP contribution is -2.15. The van der Waals surface area contributed by atoms with E-state index in [1.165, 1.54) is 22.7 Å². The van der Waals surface area contributed by atoms with Gasteiger partial charge in [0.25, 0.3) is 0 Å². The summed E-state index contributed by atoms with van der Waals surface area (Å²) >= 11 is 2.83. The van der Waals surface area contributed by atoms with Crippen molar-refractivity contribution in [1.29, 1.82) is 0 Å². The first kappa shape index (κ1) is 17.0. The Balaban J connectivity index is 1.49. The molecule has 2 heterocycles. The molecule has 2 aromatic heterocycles. The Morgan fingerprint density at radius 3 is 2.67 bits per heavy atom. The summed E-state index contributed by atoms with van der Waals surface area (Å²) in [6.45, 7) is 4.18. The van der Waals surface area contributed by atoms with Crippen LogP contribution in [0.2, 0.25) is 0 Å². The van der Waals surface area contributed by atoms with E-state index in [-0.39, 0.29) is 18.2 Å². The van der Waals surface area contributed by atoms with Gasteiger partial charge in [0, 0.05) is 22.9 Å². The molecular formula is C16H20N4O2S2. The molecular weight excluding hydrogens is 344 g/mol. The van der Waals surface area contributed by atoms with Crippen molar-refractivity contribution in [3.63, 3.8) is 0 Å². The van der Waals surface area contributed by atoms with Crippen molar-refractivity contribution in [3.05, 3.63) is 22.1 Å². The van der Waals surface area contributed by atoms with Gasteiger partial charge in [0.1, 0.15) is 0 Å². The number of rotatable bonds is 7. The van der Waals surface area contributed by atoms with E-state index < -0.39 is 0 Å². The Morgan fingerprint density at radius 2 is 2.00 bits per heavy atom. The third-order valence-corrected chi connectivity index (χ3v) is 5.67. The molecule has 8 heteroatoms. The van der Waals surface area contributed by atoms with E-state index in [0.717, 1.165) is 17.7 Å². The fourth-order valence-electron chi connectivity index (χ4n) is 2.14. The fourth-order valence-corrected chi connectivity index (χ4v) is 3.70. The van der Waals surface area contributed by atoms with Gasteiger partial charge in [-0.15, -0.1) is 22.7 Å². The molecule has 0 saturated heterocycles. The molecule has 6 nitrogen and oxygen atoms in total. The Hall–Kier alpha value is -1.80. The molecule has 1 aliphatic rings. The third kappa shape index (κ3) is 4.85. The quantitative estimate of drug-likeness (QED) is 0.785. The molecule has 128 valence electrons. The summed E-state index contributed by atoms with van der Waals surface area (Å²) in [5.74, 6) is 0.797. The van der Waals surface area contributed by atoms with Crippen molar-refractivity contribution in [1.82, 2.24) is 9.97 Å². The lowest BCUT2D eigenvalue weighted by molar-refractivity contribution is -0.116. The number of anilines is 2. The first-order chi connectivity index (χ1) is 11.5. The van der Waals surface area contributed by atoms with Crippen LogP contribution in [0, 0.1) is 5.92 Å². The minimum absolute atomic E-state index is 0.00634. The summed E-state index contributed by atoms with van der Waals surface area (Å²) < 4.78 is 0. The van der Waals surface area contributed by atoms with E-state index in [4.69, 9.17) is 0 Å². The largest absolute Gasteiger partial charge is 0.302 e. The van der Waals surface area contributed by atoms with Gasteiger partial charge in [-0.25, -0.2) is 9.97 Å². The number of nitrogens with one attached hydrogen (secondary N) is 2. The van der Waals surface area contributed by atoms with Crippen LogP contribution in [0.1, 0.15) is 49.6 Å². The summed E-state index contributed by atoms with van der Waals surface area (Å²) in [7, 11) is 0. The van der Waals surface area contributed by atoms with Crippen LogP contribution in [-0.4, -0.2) is 21.8 Å². The monoisotopic (exact) mass is 364 g/mol. The Bertz CT molecular complexity index is 734. The van der Waals surface area contributed by atoms with Gasteiger partial charge < -0.3 is 10.6 Å². The van der Waals surface area contributed by atoms with Gasteiger partial charge in [-0.1, -0.05) is 13.8 Å². The van der Waals surface area contributed by atoms with Gasteiger partial charge in [0.2, 0.25) is 11.8 Å². The molecule has 3 rings (SSSR count). The Morgan fingerprint density at radius 1 is 1.25 bits per heavy atom. The predicted molar refractivity (Wildman–Crippen MR) is 96.6 cm³/mol. The molecule has 0 spiro atoms. The maximum atomic E-state index is 12.1. The van der Waals surface area contributed by atoms with Crippen LogP contribution in [0.25, 0.3) is 0 Å². The molecule has 1 saturated carbocycles. The van der Waals surface area contributed by atoms with Crippen LogP contribution in [0.4, 0.5) is 10.3 Å². The van der Waals surface area contributed by atoms with E-state index in [0.29, 0.717) is 34.2 Å². The lowest BCUT2D eigenvalue weighted by atomic mass is 10.2. The summed E-state index contributed by atoms with van der Waals surface area (Å²) in [5, 5.41) is 8.56. The summed E-state index contributed by atoms with van der Waals surface area (Å²) in [4.78, 5) is 33.5. The zero-order chi connectivity index (χ0) is 17.1. The second kappa shape index (κ2) is 7.40. The molecule has 1 aliphatic carbocycles. The predicted octanol–water partition coefficient (Wildman–Crippen LogP) is 3.64. The number of hydrogen-bond acceptors (Lipinski definition) is 6. The van der Waals surface area contributed by atoms with Crippen molar-refractivity contribution in [3.8, 4) is 0 Å². The van der Waals surface area contributed by atoms with E-state index in [1.54, 1.807) is 11.6 Å². The van der Waals surface area contributed by atoms with Gasteiger partial charge in [-0.2, -0.15) is 0 Å². The lowest BCUT2D eigenvalue weighted by Gasteiger charge is -2.00. The highest BCUT2D eigenvalue weighted by Gasteiger charge is 2.24. The van der Waals surface area contributed by atoms with Crippen molar-refractivity contribution >= 4 is 44.8 Å². The molecule has 2 amide bonds. The second-order valence-corrected chi connectivity index (χ2v) is 8.21. The summed E-state index contributed by atoms with van der Waals surface area (Å²) in [5.41, 5.74) is 0.653. The summed E-state index contributed by atoms with van der Waals surface area (Å²) in [6.07, 6.45) is 4.82. The van der Waals surface area contributed by atoms with Gasteiger partial charge in [0.05, 0.1) is 12.1 Å². The third-order valence-electron chi connectivity index (χ3n) is 3.65. The smallest absolute Gasteiger partial charge is 0.232 e. The highest BCUT2D eigenvalue weighted by molar-refractivity contribution is 7.15. The summed E-state index contributed by atoms with van der Waals surface area (Å²) in [6, 6.07) is 0. The van der Waals surface area contributed by atoms with Crippen LogP contribution < -0.4 is 10.6 Å². The van der Waals surface area contributed by atoms with Gasteiger partial charge >= 0.3 is 0 Å². The SMILES string of the molecule is CC(C)c1cnc(NC(=O)Cc2csc(NC(=O)CC3CC3)n2)s1. The molecule has 2 aromatic rings. The standard InChI is InChI=1S/C16H20N4O2S2/c1-9(2)12-7-17-15(24-12)19-14(22)6-11-8-23-16(18-11)20-13(21)5-10-3-4-10/h7-10H,3-6H2,1-2H3,(H,17,19,22)(H,18,20,21). The first-order valence-electron chi connectivity index (χ1n) is 7.99. The minimum Gasteiger partial charge on any atom is -0.302 e. The number of carbonyl (C=O) groups excluding carboxylic acids is 2. The van der Waals surface area contributed by atoms with E-state index in [9.17, 15) is 9.59 Å².